The average Bonchev–Trinajstić information content (AvgIpc) is 2.64. The Labute approximate surface area is 114 Å². The van der Waals surface area contributed by atoms with Gasteiger partial charge in [0.1, 0.15) is 0 Å². The number of imide groups is 1. The minimum absolute atomic E-state index is 0.00739. The second-order valence-electron chi connectivity index (χ2n) is 4.99. The summed E-state index contributed by atoms with van der Waals surface area (Å²) >= 11 is 3.36. The van der Waals surface area contributed by atoms with E-state index in [4.69, 9.17) is 0 Å². The molecule has 1 aliphatic carbocycles. The van der Waals surface area contributed by atoms with Crippen LogP contribution >= 0.6 is 15.9 Å². The van der Waals surface area contributed by atoms with Crippen molar-refractivity contribution in [3.8, 4) is 0 Å². The summed E-state index contributed by atoms with van der Waals surface area (Å²) in [5.41, 5.74) is 0.697. The van der Waals surface area contributed by atoms with Gasteiger partial charge in [-0.1, -0.05) is 28.8 Å². The molecule has 2 amide bonds. The van der Waals surface area contributed by atoms with Crippen molar-refractivity contribution in [3.63, 3.8) is 0 Å². The zero-order valence-corrected chi connectivity index (χ0v) is 11.5. The Balaban J connectivity index is 1.95. The van der Waals surface area contributed by atoms with Gasteiger partial charge in [0.25, 0.3) is 0 Å². The molecule has 94 valence electrons. The van der Waals surface area contributed by atoms with E-state index in [1.807, 2.05) is 24.3 Å². The van der Waals surface area contributed by atoms with Gasteiger partial charge in [0.05, 0.1) is 17.5 Å². The molecular weight excluding hydrogens is 294 g/mol. The van der Waals surface area contributed by atoms with Gasteiger partial charge in [-0.3, -0.25) is 14.5 Å². The Bertz CT molecular complexity index is 473. The van der Waals surface area contributed by atoms with Crippen molar-refractivity contribution in [1.82, 2.24) is 0 Å². The van der Waals surface area contributed by atoms with Gasteiger partial charge in [-0.2, -0.15) is 0 Å². The summed E-state index contributed by atoms with van der Waals surface area (Å²) in [5, 5.41) is 0. The molecule has 2 atom stereocenters. The molecule has 4 heteroatoms. The van der Waals surface area contributed by atoms with Gasteiger partial charge in [-0.15, -0.1) is 0 Å². The molecule has 1 saturated heterocycles. The van der Waals surface area contributed by atoms with Gasteiger partial charge in [0.15, 0.2) is 0 Å². The Morgan fingerprint density at radius 2 is 1.44 bits per heavy atom. The van der Waals surface area contributed by atoms with Gasteiger partial charge in [-0.05, 0) is 37.1 Å². The summed E-state index contributed by atoms with van der Waals surface area (Å²) in [6.07, 6.45) is 3.85. The van der Waals surface area contributed by atoms with Crippen molar-refractivity contribution >= 4 is 33.4 Å². The van der Waals surface area contributed by atoms with Gasteiger partial charge >= 0.3 is 0 Å². The van der Waals surface area contributed by atoms with Crippen molar-refractivity contribution in [2.45, 2.75) is 25.7 Å². The standard InChI is InChI=1S/C14H14BrNO2/c15-9-5-7-10(8-6-9)16-13(17)11-3-1-2-4-12(11)14(16)18/h5-8,11-12H,1-4H2/t11-,12-/m1/s1. The van der Waals surface area contributed by atoms with Gasteiger partial charge in [-0.25, -0.2) is 0 Å². The van der Waals surface area contributed by atoms with Crippen LogP contribution in [-0.4, -0.2) is 11.8 Å². The van der Waals surface area contributed by atoms with E-state index in [9.17, 15) is 9.59 Å². The van der Waals surface area contributed by atoms with Crippen LogP contribution < -0.4 is 4.90 Å². The molecule has 0 N–H and O–H groups in total. The summed E-state index contributed by atoms with van der Waals surface area (Å²) in [4.78, 5) is 26.0. The van der Waals surface area contributed by atoms with E-state index in [1.54, 1.807) is 0 Å². The third-order valence-corrected chi connectivity index (χ3v) is 4.45. The van der Waals surface area contributed by atoms with Crippen LogP contribution in [0.25, 0.3) is 0 Å². The van der Waals surface area contributed by atoms with E-state index in [0.717, 1.165) is 30.2 Å². The summed E-state index contributed by atoms with van der Waals surface area (Å²) in [6.45, 7) is 0. The Kier molecular flexibility index (Phi) is 2.98. The summed E-state index contributed by atoms with van der Waals surface area (Å²) in [6, 6.07) is 7.35. The Hall–Kier alpha value is -1.16. The third kappa shape index (κ3) is 1.79. The van der Waals surface area contributed by atoms with Crippen molar-refractivity contribution < 1.29 is 9.59 Å². The van der Waals surface area contributed by atoms with Gasteiger partial charge < -0.3 is 0 Å². The molecule has 3 rings (SSSR count). The number of fused-ring (bicyclic) bond motifs is 1. The predicted octanol–water partition coefficient (Wildman–Crippen LogP) is 3.13. The Morgan fingerprint density at radius 3 is 1.94 bits per heavy atom. The lowest BCUT2D eigenvalue weighted by molar-refractivity contribution is -0.122. The first-order valence-corrected chi connectivity index (χ1v) is 7.11. The second-order valence-corrected chi connectivity index (χ2v) is 5.90. The van der Waals surface area contributed by atoms with E-state index >= 15 is 0 Å². The highest BCUT2D eigenvalue weighted by atomic mass is 79.9. The molecule has 1 heterocycles. The van der Waals surface area contributed by atoms with Crippen LogP contribution in [0.4, 0.5) is 5.69 Å². The normalized spacial score (nSPS) is 27.5. The molecule has 3 nitrogen and oxygen atoms in total. The number of nitrogens with zero attached hydrogens (tertiary/aromatic N) is 1. The molecule has 0 aromatic heterocycles. The van der Waals surface area contributed by atoms with Crippen LogP contribution in [0, 0.1) is 11.8 Å². The lowest BCUT2D eigenvalue weighted by atomic mass is 9.81. The number of rotatable bonds is 1. The zero-order valence-electron chi connectivity index (χ0n) is 9.93. The van der Waals surface area contributed by atoms with Crippen molar-refractivity contribution in [3.05, 3.63) is 28.7 Å². The lowest BCUT2D eigenvalue weighted by Crippen LogP contribution is -2.30. The number of hydrogen-bond acceptors (Lipinski definition) is 2. The minimum Gasteiger partial charge on any atom is -0.274 e. The molecule has 0 radical (unpaired) electrons. The third-order valence-electron chi connectivity index (χ3n) is 3.93. The van der Waals surface area contributed by atoms with E-state index in [-0.39, 0.29) is 23.7 Å². The second kappa shape index (κ2) is 4.50. The monoisotopic (exact) mass is 307 g/mol. The first kappa shape index (κ1) is 11.9. The van der Waals surface area contributed by atoms with Crippen LogP contribution in [0.5, 0.6) is 0 Å². The largest absolute Gasteiger partial charge is 0.274 e. The number of halogens is 1. The maximum absolute atomic E-state index is 12.3. The molecule has 1 aromatic carbocycles. The summed E-state index contributed by atoms with van der Waals surface area (Å²) in [5.74, 6) is -0.163. The SMILES string of the molecule is O=C1[C@@H]2CCCC[C@H]2C(=O)N1c1ccc(Br)cc1. The maximum atomic E-state index is 12.3. The van der Waals surface area contributed by atoms with Crippen molar-refractivity contribution in [2.75, 3.05) is 4.90 Å². The van der Waals surface area contributed by atoms with E-state index in [0.29, 0.717) is 5.69 Å². The number of carbonyl (C=O) groups excluding carboxylic acids is 2. The average molecular weight is 308 g/mol. The lowest BCUT2D eigenvalue weighted by Gasteiger charge is -2.19. The first-order chi connectivity index (χ1) is 8.68. The molecule has 0 bridgehead atoms. The van der Waals surface area contributed by atoms with Gasteiger partial charge in [0, 0.05) is 4.47 Å². The predicted molar refractivity (Wildman–Crippen MR) is 72.1 cm³/mol. The number of benzene rings is 1. The number of amides is 2. The fourth-order valence-electron chi connectivity index (χ4n) is 3.01. The fourth-order valence-corrected chi connectivity index (χ4v) is 3.27. The fraction of sp³-hybridized carbons (Fsp3) is 0.429. The molecule has 1 saturated carbocycles. The summed E-state index contributed by atoms with van der Waals surface area (Å²) in [7, 11) is 0. The first-order valence-electron chi connectivity index (χ1n) is 6.32. The van der Waals surface area contributed by atoms with Crippen LogP contribution in [0.2, 0.25) is 0 Å². The van der Waals surface area contributed by atoms with Crippen molar-refractivity contribution in [1.29, 1.82) is 0 Å². The molecule has 1 aromatic rings. The summed E-state index contributed by atoms with van der Waals surface area (Å²) < 4.78 is 0.947. The van der Waals surface area contributed by atoms with E-state index in [2.05, 4.69) is 15.9 Å². The molecule has 0 spiro atoms. The van der Waals surface area contributed by atoms with Crippen molar-refractivity contribution in [2.24, 2.45) is 11.8 Å². The molecule has 1 aliphatic heterocycles. The smallest absolute Gasteiger partial charge is 0.237 e. The Morgan fingerprint density at radius 1 is 0.944 bits per heavy atom. The number of anilines is 1. The molecule has 2 fully saturated rings. The number of carbonyl (C=O) groups is 2. The highest BCUT2D eigenvalue weighted by molar-refractivity contribution is 9.10. The van der Waals surface area contributed by atoms with E-state index < -0.39 is 0 Å². The highest BCUT2D eigenvalue weighted by Gasteiger charge is 2.48. The molecular formula is C14H14BrNO2. The van der Waals surface area contributed by atoms with Crippen LogP contribution in [-0.2, 0) is 9.59 Å². The molecule has 2 aliphatic rings. The van der Waals surface area contributed by atoms with Gasteiger partial charge in [0.2, 0.25) is 11.8 Å². The van der Waals surface area contributed by atoms with Crippen LogP contribution in [0.3, 0.4) is 0 Å². The van der Waals surface area contributed by atoms with E-state index in [1.165, 1.54) is 4.90 Å². The maximum Gasteiger partial charge on any atom is 0.237 e. The topological polar surface area (TPSA) is 37.4 Å². The molecule has 0 unspecified atom stereocenters. The minimum atomic E-state index is -0.0742. The molecule has 18 heavy (non-hydrogen) atoms. The zero-order chi connectivity index (χ0) is 12.7. The van der Waals surface area contributed by atoms with Crippen LogP contribution in [0.1, 0.15) is 25.7 Å². The van der Waals surface area contributed by atoms with Crippen LogP contribution in [0.15, 0.2) is 28.7 Å². The highest BCUT2D eigenvalue weighted by Crippen LogP contribution is 2.40. The number of hydrogen-bond donors (Lipinski definition) is 0. The quantitative estimate of drug-likeness (QED) is 0.748.